The maximum absolute atomic E-state index is 4.64. The van der Waals surface area contributed by atoms with Crippen LogP contribution in [0.15, 0.2) is 6.07 Å². The summed E-state index contributed by atoms with van der Waals surface area (Å²) in [5.74, 6) is 2.22. The van der Waals surface area contributed by atoms with Gasteiger partial charge in [0.1, 0.15) is 5.82 Å². The number of nitrogens with one attached hydrogen (secondary N) is 1. The van der Waals surface area contributed by atoms with Crippen LogP contribution in [0.5, 0.6) is 0 Å². The summed E-state index contributed by atoms with van der Waals surface area (Å²) in [5.41, 5.74) is 0. The Bertz CT molecular complexity index is 323. The highest BCUT2D eigenvalue weighted by Crippen LogP contribution is 2.24. The third-order valence-electron chi connectivity index (χ3n) is 2.90. The molecular formula is C11H20N4. The Morgan fingerprint density at radius 2 is 2.00 bits per heavy atom. The smallest absolute Gasteiger partial charge is 0.152 e. The van der Waals surface area contributed by atoms with Crippen LogP contribution in [0.25, 0.3) is 0 Å². The summed E-state index contributed by atoms with van der Waals surface area (Å²) >= 11 is 0. The van der Waals surface area contributed by atoms with Crippen molar-refractivity contribution in [2.45, 2.75) is 32.7 Å². The van der Waals surface area contributed by atoms with E-state index in [9.17, 15) is 0 Å². The quantitative estimate of drug-likeness (QED) is 0.826. The van der Waals surface area contributed by atoms with Crippen molar-refractivity contribution in [1.29, 1.82) is 0 Å². The van der Waals surface area contributed by atoms with E-state index in [0.717, 1.165) is 24.7 Å². The van der Waals surface area contributed by atoms with E-state index in [2.05, 4.69) is 35.2 Å². The fourth-order valence-electron chi connectivity index (χ4n) is 2.06. The minimum atomic E-state index is 0.406. The topological polar surface area (TPSA) is 33.1 Å². The summed E-state index contributed by atoms with van der Waals surface area (Å²) < 4.78 is 2.05. The summed E-state index contributed by atoms with van der Waals surface area (Å²) in [4.78, 5) is 2.36. The van der Waals surface area contributed by atoms with Gasteiger partial charge in [-0.1, -0.05) is 0 Å². The van der Waals surface area contributed by atoms with Gasteiger partial charge < -0.3 is 10.2 Å². The molecular weight excluding hydrogens is 188 g/mol. The molecule has 15 heavy (non-hydrogen) atoms. The first-order valence-electron chi connectivity index (χ1n) is 5.74. The Morgan fingerprint density at radius 1 is 1.33 bits per heavy atom. The lowest BCUT2D eigenvalue weighted by atomic mass is 10.4. The average Bonchev–Trinajstić information content (AvgIpc) is 2.86. The highest BCUT2D eigenvalue weighted by Gasteiger charge is 2.17. The van der Waals surface area contributed by atoms with Crippen molar-refractivity contribution in [3.05, 3.63) is 6.07 Å². The Morgan fingerprint density at radius 3 is 2.47 bits per heavy atom. The predicted octanol–water partition coefficient (Wildman–Crippen LogP) is 2.11. The number of hydrogen-bond donors (Lipinski definition) is 1. The molecule has 1 aromatic rings. The molecule has 0 bridgehead atoms. The molecule has 1 fully saturated rings. The molecule has 2 rings (SSSR count). The van der Waals surface area contributed by atoms with Crippen LogP contribution in [0.3, 0.4) is 0 Å². The van der Waals surface area contributed by atoms with Crippen molar-refractivity contribution in [2.75, 3.05) is 30.4 Å². The molecule has 1 saturated heterocycles. The molecule has 0 aliphatic carbocycles. The molecule has 1 aliphatic rings. The molecule has 0 aromatic carbocycles. The lowest BCUT2D eigenvalue weighted by Gasteiger charge is -2.13. The molecule has 0 unspecified atom stereocenters. The molecule has 0 amide bonds. The minimum Gasteiger partial charge on any atom is -0.373 e. The second kappa shape index (κ2) is 4.13. The van der Waals surface area contributed by atoms with Crippen LogP contribution in [0.2, 0.25) is 0 Å². The number of anilines is 2. The number of nitrogens with zero attached hydrogens (tertiary/aromatic N) is 3. The van der Waals surface area contributed by atoms with Crippen molar-refractivity contribution >= 4 is 11.6 Å². The van der Waals surface area contributed by atoms with Crippen molar-refractivity contribution in [2.24, 2.45) is 0 Å². The lowest BCUT2D eigenvalue weighted by Crippen LogP contribution is -2.18. The van der Waals surface area contributed by atoms with E-state index in [0.29, 0.717) is 6.04 Å². The predicted molar refractivity (Wildman–Crippen MR) is 63.6 cm³/mol. The molecule has 4 heteroatoms. The van der Waals surface area contributed by atoms with Crippen LogP contribution in [-0.2, 0) is 0 Å². The molecule has 4 nitrogen and oxygen atoms in total. The first kappa shape index (κ1) is 10.3. The molecule has 0 spiro atoms. The van der Waals surface area contributed by atoms with Crippen LogP contribution in [0.1, 0.15) is 32.7 Å². The fourth-order valence-corrected chi connectivity index (χ4v) is 2.06. The zero-order chi connectivity index (χ0) is 10.8. The lowest BCUT2D eigenvalue weighted by molar-refractivity contribution is 0.538. The van der Waals surface area contributed by atoms with Crippen LogP contribution < -0.4 is 10.2 Å². The highest BCUT2D eigenvalue weighted by molar-refractivity contribution is 5.50. The first-order valence-corrected chi connectivity index (χ1v) is 5.74. The van der Waals surface area contributed by atoms with Gasteiger partial charge in [-0.25, -0.2) is 4.68 Å². The Balaban J connectivity index is 2.25. The molecule has 1 aromatic heterocycles. The average molecular weight is 208 g/mol. The Hall–Kier alpha value is -1.19. The van der Waals surface area contributed by atoms with Gasteiger partial charge in [-0.05, 0) is 26.7 Å². The first-order chi connectivity index (χ1) is 7.22. The van der Waals surface area contributed by atoms with Crippen molar-refractivity contribution in [1.82, 2.24) is 9.78 Å². The Kier molecular flexibility index (Phi) is 2.84. The van der Waals surface area contributed by atoms with Gasteiger partial charge in [0.05, 0.1) is 0 Å². The van der Waals surface area contributed by atoms with E-state index >= 15 is 0 Å². The van der Waals surface area contributed by atoms with Gasteiger partial charge in [0, 0.05) is 32.2 Å². The van der Waals surface area contributed by atoms with Gasteiger partial charge >= 0.3 is 0 Å². The van der Waals surface area contributed by atoms with Gasteiger partial charge in [-0.3, -0.25) is 0 Å². The van der Waals surface area contributed by atoms with E-state index in [1.165, 1.54) is 12.8 Å². The SMILES string of the molecule is CNc1cc(N2CCCC2)nn1C(C)C. The number of hydrogen-bond acceptors (Lipinski definition) is 3. The fraction of sp³-hybridized carbons (Fsp3) is 0.727. The molecule has 0 atom stereocenters. The Labute approximate surface area is 91.3 Å². The number of aromatic nitrogens is 2. The second-order valence-corrected chi connectivity index (χ2v) is 4.37. The van der Waals surface area contributed by atoms with Gasteiger partial charge in [0.25, 0.3) is 0 Å². The van der Waals surface area contributed by atoms with E-state index in [4.69, 9.17) is 0 Å². The zero-order valence-electron chi connectivity index (χ0n) is 9.82. The minimum absolute atomic E-state index is 0.406. The summed E-state index contributed by atoms with van der Waals surface area (Å²) in [6.45, 7) is 6.61. The van der Waals surface area contributed by atoms with Crippen LogP contribution in [0, 0.1) is 0 Å². The highest BCUT2D eigenvalue weighted by atomic mass is 15.4. The molecule has 1 N–H and O–H groups in total. The molecule has 0 saturated carbocycles. The van der Waals surface area contributed by atoms with E-state index < -0.39 is 0 Å². The summed E-state index contributed by atoms with van der Waals surface area (Å²) in [6.07, 6.45) is 2.59. The molecule has 1 aliphatic heterocycles. The summed E-state index contributed by atoms with van der Waals surface area (Å²) in [7, 11) is 1.95. The summed E-state index contributed by atoms with van der Waals surface area (Å²) in [6, 6.07) is 2.55. The van der Waals surface area contributed by atoms with Gasteiger partial charge in [-0.15, -0.1) is 0 Å². The third-order valence-corrected chi connectivity index (χ3v) is 2.90. The van der Waals surface area contributed by atoms with Crippen LogP contribution >= 0.6 is 0 Å². The van der Waals surface area contributed by atoms with Crippen molar-refractivity contribution < 1.29 is 0 Å². The maximum atomic E-state index is 4.64. The van der Waals surface area contributed by atoms with E-state index in [-0.39, 0.29) is 0 Å². The van der Waals surface area contributed by atoms with Gasteiger partial charge in [0.15, 0.2) is 5.82 Å². The summed E-state index contributed by atoms with van der Waals surface area (Å²) in [5, 5.41) is 7.84. The van der Waals surface area contributed by atoms with Crippen molar-refractivity contribution in [3.8, 4) is 0 Å². The number of rotatable bonds is 3. The third kappa shape index (κ3) is 1.94. The standard InChI is InChI=1S/C11H20N4/c1-9(2)15-10(12-3)8-11(13-15)14-6-4-5-7-14/h8-9,12H,4-7H2,1-3H3. The second-order valence-electron chi connectivity index (χ2n) is 4.37. The van der Waals surface area contributed by atoms with E-state index in [1.807, 2.05) is 11.7 Å². The zero-order valence-corrected chi connectivity index (χ0v) is 9.82. The maximum Gasteiger partial charge on any atom is 0.152 e. The van der Waals surface area contributed by atoms with Crippen LogP contribution in [-0.4, -0.2) is 29.9 Å². The van der Waals surface area contributed by atoms with E-state index in [1.54, 1.807) is 0 Å². The monoisotopic (exact) mass is 208 g/mol. The largest absolute Gasteiger partial charge is 0.373 e. The van der Waals surface area contributed by atoms with Gasteiger partial charge in [0.2, 0.25) is 0 Å². The van der Waals surface area contributed by atoms with Crippen molar-refractivity contribution in [3.63, 3.8) is 0 Å². The van der Waals surface area contributed by atoms with Crippen LogP contribution in [0.4, 0.5) is 11.6 Å². The van der Waals surface area contributed by atoms with Gasteiger partial charge in [-0.2, -0.15) is 5.10 Å². The molecule has 2 heterocycles. The normalized spacial score (nSPS) is 16.4. The molecule has 84 valence electrons. The molecule has 0 radical (unpaired) electrons.